The highest BCUT2D eigenvalue weighted by molar-refractivity contribution is 6.01. The number of benzene rings is 3. The molecule has 0 spiro atoms. The Balaban J connectivity index is 1.55. The van der Waals surface area contributed by atoms with Gasteiger partial charge in [-0.05, 0) is 111 Å². The zero-order chi connectivity index (χ0) is 31.1. The fraction of sp³-hybridized carbons (Fsp3) is 0.368. The lowest BCUT2D eigenvalue weighted by molar-refractivity contribution is -0.143. The molecule has 230 valence electrons. The van der Waals surface area contributed by atoms with E-state index in [-0.39, 0.29) is 18.4 Å². The number of piperidine rings is 1. The molecular formula is C38H44N2O4. The summed E-state index contributed by atoms with van der Waals surface area (Å²) in [5.41, 5.74) is 5.80. The maximum absolute atomic E-state index is 12.5. The van der Waals surface area contributed by atoms with Crippen LogP contribution in [0.3, 0.4) is 0 Å². The van der Waals surface area contributed by atoms with Crippen LogP contribution in [0.15, 0.2) is 85.1 Å². The van der Waals surface area contributed by atoms with Crippen molar-refractivity contribution in [2.75, 3.05) is 26.7 Å². The summed E-state index contributed by atoms with van der Waals surface area (Å²) in [6, 6.07) is 26.7. The van der Waals surface area contributed by atoms with Crippen LogP contribution >= 0.6 is 0 Å². The molecule has 1 aromatic heterocycles. The molecule has 1 fully saturated rings. The molecule has 1 saturated heterocycles. The van der Waals surface area contributed by atoms with Crippen molar-refractivity contribution < 1.29 is 19.1 Å². The van der Waals surface area contributed by atoms with E-state index in [4.69, 9.17) is 9.47 Å². The third kappa shape index (κ3) is 7.67. The van der Waals surface area contributed by atoms with E-state index >= 15 is 0 Å². The van der Waals surface area contributed by atoms with Crippen molar-refractivity contribution in [3.63, 3.8) is 0 Å². The SMILES string of the molecule is COC(=O)CC/C(=C(\c1ccc(OC(=O)C(C)(C)C)cc1)c1ccc2c(ccn2CCN2CCCCC2)c1)c1ccccc1. The van der Waals surface area contributed by atoms with Gasteiger partial charge in [-0.25, -0.2) is 0 Å². The fourth-order valence-electron chi connectivity index (χ4n) is 5.83. The minimum Gasteiger partial charge on any atom is -0.469 e. The average Bonchev–Trinajstić information content (AvgIpc) is 3.45. The molecule has 0 amide bonds. The number of likely N-dealkylation sites (tertiary alicyclic amines) is 1. The number of carbonyl (C=O) groups is 2. The summed E-state index contributed by atoms with van der Waals surface area (Å²) in [6.45, 7) is 9.95. The van der Waals surface area contributed by atoms with Gasteiger partial charge < -0.3 is 18.9 Å². The van der Waals surface area contributed by atoms with Gasteiger partial charge in [-0.15, -0.1) is 0 Å². The zero-order valence-corrected chi connectivity index (χ0v) is 26.5. The number of allylic oxidation sites excluding steroid dienone is 1. The summed E-state index contributed by atoms with van der Waals surface area (Å²) >= 11 is 0. The van der Waals surface area contributed by atoms with Gasteiger partial charge in [-0.2, -0.15) is 0 Å². The van der Waals surface area contributed by atoms with E-state index in [9.17, 15) is 9.59 Å². The standard InChI is InChI=1S/C38H44N2O4/c1-38(2,3)37(42)44-32-16-13-29(14-17-32)36(33(18-20-35(41)43-4)28-11-7-5-8-12-28)31-15-19-34-30(27-31)21-24-40(34)26-25-39-22-9-6-10-23-39/h5,7-8,11-17,19,21,24,27H,6,9-10,18,20,22-23,25-26H2,1-4H3/b36-33-. The number of hydrogen-bond acceptors (Lipinski definition) is 5. The molecule has 44 heavy (non-hydrogen) atoms. The molecule has 2 heterocycles. The van der Waals surface area contributed by atoms with Gasteiger partial charge in [0.25, 0.3) is 0 Å². The third-order valence-corrected chi connectivity index (χ3v) is 8.36. The van der Waals surface area contributed by atoms with E-state index in [0.717, 1.165) is 40.9 Å². The number of fused-ring (bicyclic) bond motifs is 1. The Hall–Kier alpha value is -4.16. The van der Waals surface area contributed by atoms with Crippen molar-refractivity contribution >= 4 is 34.0 Å². The number of rotatable bonds is 10. The lowest BCUT2D eigenvalue weighted by atomic mass is 9.87. The normalized spacial score (nSPS) is 14.7. The first-order valence-electron chi connectivity index (χ1n) is 15.7. The Morgan fingerprint density at radius 3 is 2.16 bits per heavy atom. The van der Waals surface area contributed by atoms with Crippen molar-refractivity contribution in [2.45, 2.75) is 59.4 Å². The quantitative estimate of drug-likeness (QED) is 0.106. The third-order valence-electron chi connectivity index (χ3n) is 8.36. The second kappa shape index (κ2) is 14.1. The molecule has 0 radical (unpaired) electrons. The number of methoxy groups -OCH3 is 1. The van der Waals surface area contributed by atoms with E-state index in [1.54, 1.807) is 0 Å². The predicted molar refractivity (Wildman–Crippen MR) is 177 cm³/mol. The minimum absolute atomic E-state index is 0.247. The maximum Gasteiger partial charge on any atom is 0.316 e. The Kier molecular flexibility index (Phi) is 10.0. The Labute approximate surface area is 261 Å². The van der Waals surface area contributed by atoms with Crippen LogP contribution in [0.25, 0.3) is 22.0 Å². The van der Waals surface area contributed by atoms with E-state index in [0.29, 0.717) is 12.2 Å². The predicted octanol–water partition coefficient (Wildman–Crippen LogP) is 7.99. The smallest absolute Gasteiger partial charge is 0.316 e. The van der Waals surface area contributed by atoms with Crippen LogP contribution in [0.1, 0.15) is 69.6 Å². The molecule has 4 aromatic rings. The van der Waals surface area contributed by atoms with Crippen LogP contribution in [0.5, 0.6) is 5.75 Å². The summed E-state index contributed by atoms with van der Waals surface area (Å²) in [4.78, 5) is 27.4. The zero-order valence-electron chi connectivity index (χ0n) is 26.5. The number of nitrogens with zero attached hydrogens (tertiary/aromatic N) is 2. The van der Waals surface area contributed by atoms with Crippen LogP contribution in [-0.4, -0.2) is 48.1 Å². The topological polar surface area (TPSA) is 60.8 Å². The molecule has 0 N–H and O–H groups in total. The molecular weight excluding hydrogens is 548 g/mol. The van der Waals surface area contributed by atoms with Crippen LogP contribution in [0, 0.1) is 5.41 Å². The van der Waals surface area contributed by atoms with Crippen molar-refractivity contribution in [1.29, 1.82) is 0 Å². The average molecular weight is 593 g/mol. The first-order chi connectivity index (χ1) is 21.2. The van der Waals surface area contributed by atoms with Crippen LogP contribution < -0.4 is 4.74 Å². The summed E-state index contributed by atoms with van der Waals surface area (Å²) in [7, 11) is 1.43. The van der Waals surface area contributed by atoms with Gasteiger partial charge in [-0.3, -0.25) is 9.59 Å². The summed E-state index contributed by atoms with van der Waals surface area (Å²) in [6.07, 6.45) is 6.91. The van der Waals surface area contributed by atoms with Crippen molar-refractivity contribution in [3.8, 4) is 5.75 Å². The molecule has 0 saturated carbocycles. The van der Waals surface area contributed by atoms with E-state index in [1.807, 2.05) is 63.2 Å². The van der Waals surface area contributed by atoms with Gasteiger partial charge in [-0.1, -0.05) is 55.0 Å². The van der Waals surface area contributed by atoms with Crippen LogP contribution in [0.2, 0.25) is 0 Å². The molecule has 3 aromatic carbocycles. The highest BCUT2D eigenvalue weighted by atomic mass is 16.5. The molecule has 1 aliphatic rings. The van der Waals surface area contributed by atoms with Gasteiger partial charge in [0.15, 0.2) is 0 Å². The van der Waals surface area contributed by atoms with E-state index in [1.165, 1.54) is 50.4 Å². The highest BCUT2D eigenvalue weighted by Gasteiger charge is 2.24. The van der Waals surface area contributed by atoms with Crippen LogP contribution in [0.4, 0.5) is 0 Å². The van der Waals surface area contributed by atoms with E-state index in [2.05, 4.69) is 52.1 Å². The fourth-order valence-corrected chi connectivity index (χ4v) is 5.83. The molecule has 0 bridgehead atoms. The second-order valence-corrected chi connectivity index (χ2v) is 12.6. The molecule has 6 nitrogen and oxygen atoms in total. The second-order valence-electron chi connectivity index (χ2n) is 12.6. The minimum atomic E-state index is -0.600. The maximum atomic E-state index is 12.5. The number of carbonyl (C=O) groups excluding carboxylic acids is 2. The molecule has 0 unspecified atom stereocenters. The molecule has 5 rings (SSSR count). The lowest BCUT2D eigenvalue weighted by Gasteiger charge is -2.26. The molecule has 0 aliphatic carbocycles. The van der Waals surface area contributed by atoms with Crippen molar-refractivity contribution in [2.24, 2.45) is 5.41 Å². The van der Waals surface area contributed by atoms with Crippen molar-refractivity contribution in [3.05, 3.63) is 102 Å². The lowest BCUT2D eigenvalue weighted by Crippen LogP contribution is -2.32. The monoisotopic (exact) mass is 592 g/mol. The summed E-state index contributed by atoms with van der Waals surface area (Å²) in [5, 5.41) is 1.18. The summed E-state index contributed by atoms with van der Waals surface area (Å²) < 4.78 is 13.0. The van der Waals surface area contributed by atoms with Crippen LogP contribution in [-0.2, 0) is 20.9 Å². The first-order valence-corrected chi connectivity index (χ1v) is 15.7. The Morgan fingerprint density at radius 1 is 0.773 bits per heavy atom. The Morgan fingerprint density at radius 2 is 1.48 bits per heavy atom. The Bertz CT molecular complexity index is 1600. The molecule has 6 heteroatoms. The summed E-state index contributed by atoms with van der Waals surface area (Å²) in [5.74, 6) is -0.0205. The molecule has 0 atom stereocenters. The first kappa shape index (κ1) is 31.3. The van der Waals surface area contributed by atoms with Gasteiger partial charge in [0.05, 0.1) is 12.5 Å². The number of aromatic nitrogens is 1. The highest BCUT2D eigenvalue weighted by Crippen LogP contribution is 2.37. The van der Waals surface area contributed by atoms with Gasteiger partial charge >= 0.3 is 11.9 Å². The number of esters is 2. The molecule has 1 aliphatic heterocycles. The van der Waals surface area contributed by atoms with E-state index < -0.39 is 5.41 Å². The van der Waals surface area contributed by atoms with Gasteiger partial charge in [0.2, 0.25) is 0 Å². The van der Waals surface area contributed by atoms with Crippen molar-refractivity contribution in [1.82, 2.24) is 9.47 Å². The number of hydrogen-bond donors (Lipinski definition) is 0. The van der Waals surface area contributed by atoms with Gasteiger partial charge in [0, 0.05) is 36.6 Å². The largest absolute Gasteiger partial charge is 0.469 e. The number of ether oxygens (including phenoxy) is 2. The van der Waals surface area contributed by atoms with Gasteiger partial charge in [0.1, 0.15) is 5.75 Å².